The number of nitrogens with zero attached hydrogens (tertiary/aromatic N) is 4. The summed E-state index contributed by atoms with van der Waals surface area (Å²) in [6.45, 7) is 1.45. The van der Waals surface area contributed by atoms with Crippen LogP contribution in [0.1, 0.15) is 24.7 Å². The van der Waals surface area contributed by atoms with E-state index in [-0.39, 0.29) is 11.6 Å². The lowest BCUT2D eigenvalue weighted by Gasteiger charge is -2.30. The van der Waals surface area contributed by atoms with E-state index in [0.717, 1.165) is 31.5 Å². The lowest BCUT2D eigenvalue weighted by molar-refractivity contribution is -0.105. The van der Waals surface area contributed by atoms with Gasteiger partial charge in [-0.1, -0.05) is 12.1 Å². The molecule has 162 valence electrons. The first kappa shape index (κ1) is 20.0. The number of carbonyl (C=O) groups is 1. The summed E-state index contributed by atoms with van der Waals surface area (Å²) in [6, 6.07) is 10.2. The Balaban J connectivity index is 1.33. The molecule has 0 radical (unpaired) electrons. The summed E-state index contributed by atoms with van der Waals surface area (Å²) in [4.78, 5) is 25.3. The first-order valence-electron chi connectivity index (χ1n) is 10.2. The molecule has 0 saturated carbocycles. The monoisotopic (exact) mass is 435 g/mol. The largest absolute Gasteiger partial charge is 0.440 e. The molecule has 5 rings (SSSR count). The molecule has 1 amide bonds. The van der Waals surface area contributed by atoms with Crippen LogP contribution < -0.4 is 10.2 Å². The second-order valence-electron chi connectivity index (χ2n) is 7.65. The van der Waals surface area contributed by atoms with Gasteiger partial charge >= 0.3 is 0 Å². The van der Waals surface area contributed by atoms with Crippen molar-refractivity contribution in [2.75, 3.05) is 23.3 Å². The molecule has 4 aromatic rings. The molecule has 32 heavy (non-hydrogen) atoms. The summed E-state index contributed by atoms with van der Waals surface area (Å²) in [5.41, 5.74) is 2.99. The number of fused-ring (bicyclic) bond motifs is 1. The lowest BCUT2D eigenvalue weighted by atomic mass is 9.97. The van der Waals surface area contributed by atoms with Crippen LogP contribution in [0.5, 0.6) is 0 Å². The zero-order valence-corrected chi connectivity index (χ0v) is 17.0. The Morgan fingerprint density at radius 1 is 1.03 bits per heavy atom. The van der Waals surface area contributed by atoms with E-state index in [1.807, 2.05) is 23.1 Å². The Kier molecular flexibility index (Phi) is 5.22. The molecule has 0 atom stereocenters. The van der Waals surface area contributed by atoms with E-state index in [0.29, 0.717) is 34.9 Å². The van der Waals surface area contributed by atoms with Gasteiger partial charge in [0.15, 0.2) is 17.3 Å². The van der Waals surface area contributed by atoms with Crippen molar-refractivity contribution in [2.24, 2.45) is 0 Å². The molecule has 1 N–H and O–H groups in total. The van der Waals surface area contributed by atoms with Crippen LogP contribution >= 0.6 is 0 Å². The van der Waals surface area contributed by atoms with Gasteiger partial charge in [0.2, 0.25) is 12.4 Å². The zero-order chi connectivity index (χ0) is 22.1. The van der Waals surface area contributed by atoms with Gasteiger partial charge in [0.25, 0.3) is 0 Å². The van der Waals surface area contributed by atoms with E-state index in [2.05, 4.69) is 20.3 Å². The Morgan fingerprint density at radius 2 is 1.75 bits per heavy atom. The molecule has 9 heteroatoms. The molecule has 0 bridgehead atoms. The van der Waals surface area contributed by atoms with Crippen molar-refractivity contribution in [1.82, 2.24) is 15.0 Å². The molecule has 0 spiro atoms. The Bertz CT molecular complexity index is 1270. The molecule has 3 heterocycles. The highest BCUT2D eigenvalue weighted by Gasteiger charge is 2.26. The van der Waals surface area contributed by atoms with Gasteiger partial charge in [0.05, 0.1) is 18.1 Å². The van der Waals surface area contributed by atoms with Crippen LogP contribution in [0.15, 0.2) is 53.2 Å². The van der Waals surface area contributed by atoms with Gasteiger partial charge in [-0.15, -0.1) is 0 Å². The maximum Gasteiger partial charge on any atom is 0.225 e. The maximum absolute atomic E-state index is 14.2. The van der Waals surface area contributed by atoms with Gasteiger partial charge < -0.3 is 14.6 Å². The second-order valence-corrected chi connectivity index (χ2v) is 7.65. The second kappa shape index (κ2) is 8.33. The SMILES string of the molecule is O=CNc1ccc(-c2ccc3oc(C4CCN(c5ncc(F)cn5)CC4)nc3c2)cc1F. The molecule has 0 unspecified atom stereocenters. The third kappa shape index (κ3) is 3.89. The van der Waals surface area contributed by atoms with Crippen LogP contribution in [0.2, 0.25) is 0 Å². The van der Waals surface area contributed by atoms with Gasteiger partial charge in [-0.2, -0.15) is 0 Å². The topological polar surface area (TPSA) is 84.2 Å². The number of benzene rings is 2. The molecule has 1 fully saturated rings. The summed E-state index contributed by atoms with van der Waals surface area (Å²) in [5, 5.41) is 2.33. The van der Waals surface area contributed by atoms with Crippen molar-refractivity contribution >= 4 is 29.1 Å². The first-order valence-corrected chi connectivity index (χ1v) is 10.2. The molecule has 1 saturated heterocycles. The average Bonchev–Trinajstić information content (AvgIpc) is 3.25. The highest BCUT2D eigenvalue weighted by molar-refractivity contribution is 5.81. The normalized spacial score (nSPS) is 14.6. The van der Waals surface area contributed by atoms with E-state index in [4.69, 9.17) is 4.42 Å². The average molecular weight is 435 g/mol. The predicted octanol–water partition coefficient (Wildman–Crippen LogP) is 4.52. The van der Waals surface area contributed by atoms with Crippen molar-refractivity contribution in [1.29, 1.82) is 0 Å². The summed E-state index contributed by atoms with van der Waals surface area (Å²) < 4.78 is 33.2. The molecular formula is C23H19F2N5O2. The number of amides is 1. The fraction of sp³-hybridized carbons (Fsp3) is 0.217. The van der Waals surface area contributed by atoms with Crippen LogP contribution in [0.25, 0.3) is 22.2 Å². The van der Waals surface area contributed by atoms with E-state index < -0.39 is 11.6 Å². The van der Waals surface area contributed by atoms with Crippen LogP contribution in [0, 0.1) is 11.6 Å². The maximum atomic E-state index is 14.2. The molecule has 2 aromatic heterocycles. The number of hydrogen-bond donors (Lipinski definition) is 1. The standard InChI is InChI=1S/C23H19F2N5O2/c24-17-11-26-23(27-12-17)30-7-5-14(6-8-30)22-29-20-10-16(2-4-21(20)32-22)15-1-3-19(28-13-31)18(25)9-15/h1-4,9-14H,5-8H2,(H,28,31). The number of halogens is 2. The third-order valence-electron chi connectivity index (χ3n) is 5.65. The van der Waals surface area contributed by atoms with Gasteiger partial charge in [-0.05, 0) is 48.2 Å². The van der Waals surface area contributed by atoms with E-state index in [1.54, 1.807) is 6.07 Å². The number of hydrogen-bond acceptors (Lipinski definition) is 6. The van der Waals surface area contributed by atoms with Crippen molar-refractivity contribution in [3.05, 3.63) is 66.3 Å². The van der Waals surface area contributed by atoms with E-state index >= 15 is 0 Å². The zero-order valence-electron chi connectivity index (χ0n) is 17.0. The fourth-order valence-corrected chi connectivity index (χ4v) is 3.97. The van der Waals surface area contributed by atoms with Crippen molar-refractivity contribution < 1.29 is 18.0 Å². The number of carbonyl (C=O) groups excluding carboxylic acids is 1. The summed E-state index contributed by atoms with van der Waals surface area (Å²) >= 11 is 0. The predicted molar refractivity (Wildman–Crippen MR) is 115 cm³/mol. The minimum Gasteiger partial charge on any atom is -0.440 e. The van der Waals surface area contributed by atoms with Crippen molar-refractivity contribution in [2.45, 2.75) is 18.8 Å². The summed E-state index contributed by atoms with van der Waals surface area (Å²) in [6.07, 6.45) is 4.42. The van der Waals surface area contributed by atoms with Crippen molar-refractivity contribution in [3.8, 4) is 11.1 Å². The van der Waals surface area contributed by atoms with Gasteiger partial charge in [0.1, 0.15) is 11.3 Å². The van der Waals surface area contributed by atoms with Crippen LogP contribution in [0.4, 0.5) is 20.4 Å². The van der Waals surface area contributed by atoms with E-state index in [1.165, 1.54) is 24.5 Å². The van der Waals surface area contributed by atoms with Gasteiger partial charge in [-0.25, -0.2) is 23.7 Å². The third-order valence-corrected chi connectivity index (χ3v) is 5.65. The molecule has 1 aliphatic heterocycles. The molecule has 2 aromatic carbocycles. The van der Waals surface area contributed by atoms with Gasteiger partial charge in [-0.3, -0.25) is 4.79 Å². The van der Waals surface area contributed by atoms with E-state index in [9.17, 15) is 13.6 Å². The molecule has 7 nitrogen and oxygen atoms in total. The number of aromatic nitrogens is 3. The molecule has 1 aliphatic rings. The first-order chi connectivity index (χ1) is 15.6. The Hall–Kier alpha value is -3.88. The van der Waals surface area contributed by atoms with Crippen molar-refractivity contribution in [3.63, 3.8) is 0 Å². The van der Waals surface area contributed by atoms with Crippen LogP contribution in [-0.2, 0) is 4.79 Å². The Labute approximate surface area is 182 Å². The number of oxazole rings is 1. The molecular weight excluding hydrogens is 416 g/mol. The van der Waals surface area contributed by atoms with Crippen LogP contribution in [0.3, 0.4) is 0 Å². The molecule has 0 aliphatic carbocycles. The minimum absolute atomic E-state index is 0.130. The number of rotatable bonds is 5. The van der Waals surface area contributed by atoms with Gasteiger partial charge in [0, 0.05) is 19.0 Å². The Morgan fingerprint density at radius 3 is 2.47 bits per heavy atom. The summed E-state index contributed by atoms with van der Waals surface area (Å²) in [7, 11) is 0. The highest BCUT2D eigenvalue weighted by Crippen LogP contribution is 2.33. The number of piperidine rings is 1. The minimum atomic E-state index is -0.507. The fourth-order valence-electron chi connectivity index (χ4n) is 3.97. The van der Waals surface area contributed by atoms with Crippen LogP contribution in [-0.4, -0.2) is 34.5 Å². The highest BCUT2D eigenvalue weighted by atomic mass is 19.1. The summed E-state index contributed by atoms with van der Waals surface area (Å²) in [5.74, 6) is 0.397. The smallest absolute Gasteiger partial charge is 0.225 e. The number of nitrogens with one attached hydrogen (secondary N) is 1. The lowest BCUT2D eigenvalue weighted by Crippen LogP contribution is -2.34. The number of anilines is 2. The quantitative estimate of drug-likeness (QED) is 0.464.